The van der Waals surface area contributed by atoms with Gasteiger partial charge in [-0.1, -0.05) is 55.1 Å². The Morgan fingerprint density at radius 3 is 2.68 bits per heavy atom. The monoisotopic (exact) mass is 285 g/mol. The molecule has 0 aliphatic heterocycles. The van der Waals surface area contributed by atoms with Gasteiger partial charge in [0, 0.05) is 11.1 Å². The van der Waals surface area contributed by atoms with Crippen LogP contribution in [0.25, 0.3) is 27.6 Å². The molecule has 0 bridgehead atoms. The van der Waals surface area contributed by atoms with Gasteiger partial charge in [-0.3, -0.25) is 4.98 Å². The zero-order chi connectivity index (χ0) is 15.5. The molecule has 3 aromatic rings. The molecule has 0 unspecified atom stereocenters. The van der Waals surface area contributed by atoms with Crippen molar-refractivity contribution in [2.45, 2.75) is 13.8 Å². The summed E-state index contributed by atoms with van der Waals surface area (Å²) in [7, 11) is 0. The van der Waals surface area contributed by atoms with Crippen molar-refractivity contribution in [2.75, 3.05) is 0 Å². The summed E-state index contributed by atoms with van der Waals surface area (Å²) in [5.41, 5.74) is 6.97. The fraction of sp³-hybridized carbons (Fsp3) is 0.0952. The molecule has 0 saturated heterocycles. The van der Waals surface area contributed by atoms with Crippen LogP contribution in [0.3, 0.4) is 0 Å². The third kappa shape index (κ3) is 2.71. The van der Waals surface area contributed by atoms with Crippen LogP contribution in [-0.2, 0) is 0 Å². The van der Waals surface area contributed by atoms with Crippen molar-refractivity contribution in [1.82, 2.24) is 4.98 Å². The van der Waals surface area contributed by atoms with Crippen LogP contribution in [-0.4, -0.2) is 4.98 Å². The molecule has 0 aliphatic carbocycles. The lowest BCUT2D eigenvalue weighted by molar-refractivity contribution is 1.26. The molecule has 0 spiro atoms. The summed E-state index contributed by atoms with van der Waals surface area (Å²) in [6.07, 6.45) is 3.86. The average Bonchev–Trinajstić information content (AvgIpc) is 2.54. The van der Waals surface area contributed by atoms with E-state index in [1.165, 1.54) is 27.6 Å². The van der Waals surface area contributed by atoms with Crippen LogP contribution < -0.4 is 0 Å². The molecule has 0 fully saturated rings. The largest absolute Gasteiger partial charge is 0.253 e. The number of pyridine rings is 1. The van der Waals surface area contributed by atoms with Gasteiger partial charge in [-0.05, 0) is 54.3 Å². The standard InChI is InChI=1S/C21H19N/c1-4-8-15(2)17-9-7-10-18(14-17)20-13-16(3)22-21-12-6-5-11-19(20)21/h4-14H,1H2,2-3H3. The van der Waals surface area contributed by atoms with Gasteiger partial charge in [-0.25, -0.2) is 0 Å². The first-order chi connectivity index (χ1) is 10.7. The fourth-order valence-electron chi connectivity index (χ4n) is 2.75. The van der Waals surface area contributed by atoms with Crippen molar-refractivity contribution in [3.8, 4) is 11.1 Å². The molecule has 0 atom stereocenters. The maximum Gasteiger partial charge on any atom is 0.0711 e. The number of nitrogens with zero attached hydrogens (tertiary/aromatic N) is 1. The molecule has 0 aliphatic rings. The van der Waals surface area contributed by atoms with Crippen LogP contribution in [0.4, 0.5) is 0 Å². The molecule has 1 nitrogen and oxygen atoms in total. The molecular weight excluding hydrogens is 266 g/mol. The van der Waals surface area contributed by atoms with Gasteiger partial charge in [-0.2, -0.15) is 0 Å². The topological polar surface area (TPSA) is 12.9 Å². The summed E-state index contributed by atoms with van der Waals surface area (Å²) in [5, 5.41) is 1.19. The van der Waals surface area contributed by atoms with Crippen LogP contribution >= 0.6 is 0 Å². The van der Waals surface area contributed by atoms with Crippen molar-refractivity contribution >= 4 is 16.5 Å². The minimum atomic E-state index is 1.04. The highest BCUT2D eigenvalue weighted by atomic mass is 14.7. The van der Waals surface area contributed by atoms with Gasteiger partial charge in [0.25, 0.3) is 0 Å². The quantitative estimate of drug-likeness (QED) is 0.554. The fourth-order valence-corrected chi connectivity index (χ4v) is 2.75. The third-order valence-electron chi connectivity index (χ3n) is 3.84. The second kappa shape index (κ2) is 5.98. The van der Waals surface area contributed by atoms with Gasteiger partial charge >= 0.3 is 0 Å². The van der Waals surface area contributed by atoms with Crippen LogP contribution in [0.2, 0.25) is 0 Å². The van der Waals surface area contributed by atoms with Crippen molar-refractivity contribution in [2.24, 2.45) is 0 Å². The van der Waals surface area contributed by atoms with Gasteiger partial charge < -0.3 is 0 Å². The van der Waals surface area contributed by atoms with Crippen LogP contribution in [0.1, 0.15) is 18.2 Å². The number of para-hydroxylation sites is 1. The third-order valence-corrected chi connectivity index (χ3v) is 3.84. The lowest BCUT2D eigenvalue weighted by Crippen LogP contribution is -1.89. The van der Waals surface area contributed by atoms with E-state index in [2.05, 4.69) is 67.0 Å². The minimum Gasteiger partial charge on any atom is -0.253 e. The molecule has 1 heterocycles. The predicted molar refractivity (Wildman–Crippen MR) is 95.8 cm³/mol. The average molecular weight is 285 g/mol. The molecule has 0 saturated carbocycles. The Hall–Kier alpha value is -2.67. The van der Waals surface area contributed by atoms with E-state index in [9.17, 15) is 0 Å². The number of hydrogen-bond donors (Lipinski definition) is 0. The summed E-state index contributed by atoms with van der Waals surface area (Å²) < 4.78 is 0. The van der Waals surface area contributed by atoms with E-state index in [1.807, 2.05) is 25.1 Å². The zero-order valence-electron chi connectivity index (χ0n) is 13.0. The minimum absolute atomic E-state index is 1.04. The Kier molecular flexibility index (Phi) is 3.88. The number of rotatable bonds is 3. The van der Waals surface area contributed by atoms with Gasteiger partial charge in [0.15, 0.2) is 0 Å². The number of allylic oxidation sites excluding steroid dienone is 3. The molecule has 0 amide bonds. The molecule has 2 aromatic carbocycles. The highest BCUT2D eigenvalue weighted by molar-refractivity contribution is 5.95. The number of aryl methyl sites for hydroxylation is 1. The van der Waals surface area contributed by atoms with Crippen LogP contribution in [0, 0.1) is 6.92 Å². The lowest BCUT2D eigenvalue weighted by atomic mass is 9.96. The van der Waals surface area contributed by atoms with Crippen LogP contribution in [0.5, 0.6) is 0 Å². The van der Waals surface area contributed by atoms with Gasteiger partial charge in [-0.15, -0.1) is 0 Å². The van der Waals surface area contributed by atoms with E-state index in [0.717, 1.165) is 11.2 Å². The number of aromatic nitrogens is 1. The maximum absolute atomic E-state index is 4.62. The first-order valence-electron chi connectivity index (χ1n) is 7.45. The van der Waals surface area contributed by atoms with Gasteiger partial charge in [0.2, 0.25) is 0 Å². The Balaban J connectivity index is 2.22. The number of benzene rings is 2. The first-order valence-corrected chi connectivity index (χ1v) is 7.45. The SMILES string of the molecule is C=CC=C(C)c1cccc(-c2cc(C)nc3ccccc23)c1. The Bertz CT molecular complexity index is 872. The summed E-state index contributed by atoms with van der Waals surface area (Å²) >= 11 is 0. The molecule has 3 rings (SSSR count). The van der Waals surface area contributed by atoms with E-state index < -0.39 is 0 Å². The van der Waals surface area contributed by atoms with Crippen molar-refractivity contribution in [3.05, 3.63) is 84.6 Å². The molecule has 1 heteroatoms. The Morgan fingerprint density at radius 1 is 1.05 bits per heavy atom. The Morgan fingerprint density at radius 2 is 1.86 bits per heavy atom. The number of fused-ring (bicyclic) bond motifs is 1. The summed E-state index contributed by atoms with van der Waals surface area (Å²) in [6.45, 7) is 7.93. The van der Waals surface area contributed by atoms with E-state index in [-0.39, 0.29) is 0 Å². The van der Waals surface area contributed by atoms with Crippen molar-refractivity contribution in [3.63, 3.8) is 0 Å². The molecule has 0 radical (unpaired) electrons. The summed E-state index contributed by atoms with van der Waals surface area (Å²) in [6, 6.07) is 19.1. The Labute approximate surface area is 131 Å². The summed E-state index contributed by atoms with van der Waals surface area (Å²) in [4.78, 5) is 4.62. The van der Waals surface area contributed by atoms with E-state index in [0.29, 0.717) is 0 Å². The van der Waals surface area contributed by atoms with E-state index in [4.69, 9.17) is 0 Å². The smallest absolute Gasteiger partial charge is 0.0711 e. The second-order valence-corrected chi connectivity index (χ2v) is 5.49. The first kappa shape index (κ1) is 14.3. The zero-order valence-corrected chi connectivity index (χ0v) is 13.0. The normalized spacial score (nSPS) is 11.6. The van der Waals surface area contributed by atoms with Crippen molar-refractivity contribution < 1.29 is 0 Å². The van der Waals surface area contributed by atoms with E-state index >= 15 is 0 Å². The highest BCUT2D eigenvalue weighted by Gasteiger charge is 2.07. The van der Waals surface area contributed by atoms with Crippen LogP contribution in [0.15, 0.2) is 73.3 Å². The predicted octanol–water partition coefficient (Wildman–Crippen LogP) is 5.80. The molecule has 0 N–H and O–H groups in total. The van der Waals surface area contributed by atoms with E-state index in [1.54, 1.807) is 0 Å². The molecule has 108 valence electrons. The maximum atomic E-state index is 4.62. The molecular formula is C21H19N. The number of hydrogen-bond acceptors (Lipinski definition) is 1. The highest BCUT2D eigenvalue weighted by Crippen LogP contribution is 2.30. The second-order valence-electron chi connectivity index (χ2n) is 5.49. The molecule has 22 heavy (non-hydrogen) atoms. The van der Waals surface area contributed by atoms with Gasteiger partial charge in [0.1, 0.15) is 0 Å². The van der Waals surface area contributed by atoms with Crippen molar-refractivity contribution in [1.29, 1.82) is 0 Å². The molecule has 1 aromatic heterocycles. The lowest BCUT2D eigenvalue weighted by Gasteiger charge is -2.10. The van der Waals surface area contributed by atoms with Gasteiger partial charge in [0.05, 0.1) is 5.52 Å². The summed E-state index contributed by atoms with van der Waals surface area (Å²) in [5.74, 6) is 0.